The lowest BCUT2D eigenvalue weighted by atomic mass is 9.92. The summed E-state index contributed by atoms with van der Waals surface area (Å²) in [6.45, 7) is 0. The van der Waals surface area contributed by atoms with Crippen molar-refractivity contribution in [2.45, 2.75) is 12.8 Å². The molecule has 0 saturated heterocycles. The Morgan fingerprint density at radius 1 is 0.456 bits per heavy atom. The molecule has 1 aliphatic carbocycles. The number of thiophene rings is 1. The zero-order valence-corrected chi connectivity index (χ0v) is 31.4. The molecule has 0 bridgehead atoms. The first-order chi connectivity index (χ1) is 28.2. The second-order valence-electron chi connectivity index (χ2n) is 14.6. The maximum atomic E-state index is 6.86. The largest absolute Gasteiger partial charge is 0.456 e. The van der Waals surface area contributed by atoms with Crippen molar-refractivity contribution in [3.8, 4) is 56.4 Å². The summed E-state index contributed by atoms with van der Waals surface area (Å²) in [7, 11) is 0. The van der Waals surface area contributed by atoms with Crippen LogP contribution >= 0.6 is 11.3 Å². The summed E-state index contributed by atoms with van der Waals surface area (Å²) < 4.78 is 15.7. The third kappa shape index (κ3) is 5.18. The highest BCUT2D eigenvalue weighted by Gasteiger charge is 2.21. The van der Waals surface area contributed by atoms with Crippen LogP contribution < -0.4 is 0 Å². The molecule has 0 N–H and O–H groups in total. The highest BCUT2D eigenvalue weighted by Crippen LogP contribution is 2.45. The zero-order chi connectivity index (χ0) is 37.5. The van der Waals surface area contributed by atoms with Crippen LogP contribution in [0.15, 0.2) is 167 Å². The van der Waals surface area contributed by atoms with Gasteiger partial charge in [0.05, 0.1) is 0 Å². The molecule has 5 nitrogen and oxygen atoms in total. The summed E-state index contributed by atoms with van der Waals surface area (Å²) in [5, 5.41) is 5.83. The van der Waals surface area contributed by atoms with E-state index in [0.29, 0.717) is 17.5 Å². The molecule has 0 atom stereocenters. The first kappa shape index (κ1) is 32.1. The lowest BCUT2D eigenvalue weighted by Crippen LogP contribution is -2.00. The predicted molar refractivity (Wildman–Crippen MR) is 234 cm³/mol. The molecule has 0 unspecified atom stereocenters. The van der Waals surface area contributed by atoms with E-state index in [0.717, 1.165) is 79.3 Å². The molecule has 4 aromatic heterocycles. The van der Waals surface area contributed by atoms with Crippen molar-refractivity contribution >= 4 is 70.5 Å². The van der Waals surface area contributed by atoms with Gasteiger partial charge in [0.2, 0.25) is 0 Å². The number of hydrogen-bond acceptors (Lipinski definition) is 6. The van der Waals surface area contributed by atoms with Crippen LogP contribution in [0, 0.1) is 0 Å². The first-order valence-electron chi connectivity index (χ1n) is 19.2. The summed E-state index contributed by atoms with van der Waals surface area (Å²) in [5.41, 5.74) is 11.0. The number of fused-ring (bicyclic) bond motifs is 9. The number of rotatable bonds is 5. The molecule has 0 radical (unpaired) electrons. The number of nitrogens with zero attached hydrogens (tertiary/aromatic N) is 3. The summed E-state index contributed by atoms with van der Waals surface area (Å²) in [6.07, 6.45) is 6.25. The summed E-state index contributed by atoms with van der Waals surface area (Å²) >= 11 is 1.85. The van der Waals surface area contributed by atoms with E-state index in [-0.39, 0.29) is 0 Å². The normalized spacial score (nSPS) is 12.7. The van der Waals surface area contributed by atoms with Gasteiger partial charge in [0.25, 0.3) is 0 Å². The van der Waals surface area contributed by atoms with E-state index in [1.165, 1.54) is 36.9 Å². The number of hydrogen-bond donors (Lipinski definition) is 0. The van der Waals surface area contributed by atoms with E-state index in [1.807, 2.05) is 41.7 Å². The molecule has 11 aromatic rings. The van der Waals surface area contributed by atoms with E-state index in [4.69, 9.17) is 23.8 Å². The number of allylic oxidation sites excluding steroid dienone is 1. The number of aryl methyl sites for hydroxylation is 1. The topological polar surface area (TPSA) is 65.0 Å². The number of furan rings is 2. The highest BCUT2D eigenvalue weighted by molar-refractivity contribution is 7.26. The van der Waals surface area contributed by atoms with Crippen LogP contribution in [0.3, 0.4) is 0 Å². The number of benzene rings is 7. The van der Waals surface area contributed by atoms with Gasteiger partial charge in [0, 0.05) is 69.7 Å². The smallest absolute Gasteiger partial charge is 0.164 e. The minimum atomic E-state index is 0.574. The fourth-order valence-corrected chi connectivity index (χ4v) is 9.76. The van der Waals surface area contributed by atoms with Crippen LogP contribution in [0.1, 0.15) is 17.7 Å². The fourth-order valence-electron chi connectivity index (χ4n) is 8.53. The minimum Gasteiger partial charge on any atom is -0.456 e. The van der Waals surface area contributed by atoms with Crippen LogP contribution in [-0.2, 0) is 6.42 Å². The average molecular weight is 750 g/mol. The van der Waals surface area contributed by atoms with Crippen LogP contribution in [-0.4, -0.2) is 15.0 Å². The standard InChI is InChI=1S/C51H31N3O2S/c1-2-12-30(13-3-1)49-52-50(31-24-26-36-35-16-6-8-22-43(35)55-44(36)28-31)54-51(53-49)32-25-27-37-40-19-10-18-39(47(40)56-45(37)29-32)33-14-4-5-15-34(33)41-20-11-21-42-38-17-7-9-23-46(38)57-48(41)42/h1-5,7-15,17-29H,6,16H2. The molecule has 0 amide bonds. The van der Waals surface area contributed by atoms with Gasteiger partial charge in [0.15, 0.2) is 17.5 Å². The van der Waals surface area contributed by atoms with Gasteiger partial charge < -0.3 is 8.83 Å². The van der Waals surface area contributed by atoms with Gasteiger partial charge in [-0.05, 0) is 54.3 Å². The monoisotopic (exact) mass is 749 g/mol. The van der Waals surface area contributed by atoms with E-state index in [9.17, 15) is 0 Å². The Labute approximate surface area is 331 Å². The van der Waals surface area contributed by atoms with Crippen molar-refractivity contribution in [1.29, 1.82) is 0 Å². The Kier molecular flexibility index (Phi) is 7.16. The molecule has 6 heteroatoms. The van der Waals surface area contributed by atoms with Crippen LogP contribution in [0.4, 0.5) is 0 Å². The molecule has 12 rings (SSSR count). The molecule has 7 aromatic carbocycles. The lowest BCUT2D eigenvalue weighted by molar-refractivity contribution is 0.595. The van der Waals surface area contributed by atoms with Crippen molar-refractivity contribution in [3.05, 3.63) is 169 Å². The Morgan fingerprint density at radius 3 is 1.88 bits per heavy atom. The molecule has 0 aliphatic heterocycles. The van der Waals surface area contributed by atoms with Gasteiger partial charge in [-0.3, -0.25) is 0 Å². The first-order valence-corrected chi connectivity index (χ1v) is 20.0. The Hall–Kier alpha value is -7.15. The average Bonchev–Trinajstić information content (AvgIpc) is 3.97. The molecular formula is C51H31N3O2S. The Bertz CT molecular complexity index is 3430. The van der Waals surface area contributed by atoms with Crippen molar-refractivity contribution in [2.24, 2.45) is 0 Å². The quantitative estimate of drug-likeness (QED) is 0.175. The van der Waals surface area contributed by atoms with E-state index in [1.54, 1.807) is 0 Å². The van der Waals surface area contributed by atoms with Crippen molar-refractivity contribution in [1.82, 2.24) is 15.0 Å². The molecule has 1 aliphatic rings. The van der Waals surface area contributed by atoms with Crippen LogP contribution in [0.2, 0.25) is 0 Å². The molecule has 268 valence electrons. The van der Waals surface area contributed by atoms with Gasteiger partial charge in [-0.1, -0.05) is 133 Å². The predicted octanol–water partition coefficient (Wildman–Crippen LogP) is 14.2. The maximum absolute atomic E-state index is 6.86. The third-order valence-corrected chi connectivity index (χ3v) is 12.5. The van der Waals surface area contributed by atoms with Gasteiger partial charge in [-0.15, -0.1) is 11.3 Å². The van der Waals surface area contributed by atoms with Crippen molar-refractivity contribution < 1.29 is 8.83 Å². The van der Waals surface area contributed by atoms with E-state index in [2.05, 4.69) is 133 Å². The van der Waals surface area contributed by atoms with Gasteiger partial charge in [0.1, 0.15) is 22.5 Å². The van der Waals surface area contributed by atoms with Crippen molar-refractivity contribution in [3.63, 3.8) is 0 Å². The number of para-hydroxylation sites is 1. The maximum Gasteiger partial charge on any atom is 0.164 e. The molecule has 0 spiro atoms. The molecule has 0 saturated carbocycles. The summed E-state index contributed by atoms with van der Waals surface area (Å²) in [4.78, 5) is 15.1. The Morgan fingerprint density at radius 2 is 1.07 bits per heavy atom. The lowest BCUT2D eigenvalue weighted by Gasteiger charge is -2.11. The van der Waals surface area contributed by atoms with Crippen molar-refractivity contribution in [2.75, 3.05) is 0 Å². The second kappa shape index (κ2) is 12.7. The summed E-state index contributed by atoms with van der Waals surface area (Å²) in [6, 6.07) is 53.1. The molecule has 57 heavy (non-hydrogen) atoms. The highest BCUT2D eigenvalue weighted by atomic mass is 32.1. The molecule has 4 heterocycles. The molecular weight excluding hydrogens is 719 g/mol. The van der Waals surface area contributed by atoms with Gasteiger partial charge in [-0.25, -0.2) is 15.0 Å². The van der Waals surface area contributed by atoms with Crippen LogP contribution in [0.5, 0.6) is 0 Å². The summed E-state index contributed by atoms with van der Waals surface area (Å²) in [5.74, 6) is 2.71. The van der Waals surface area contributed by atoms with E-state index >= 15 is 0 Å². The SMILES string of the molecule is C1=Cc2oc3cc(-c4nc(-c5ccccc5)nc(-c5ccc6c(c5)oc5c(-c7ccccc7-c7cccc8c7sc7ccccc78)cccc56)n4)ccc3c2CC1. The Balaban J connectivity index is 0.997. The van der Waals surface area contributed by atoms with Crippen LogP contribution in [0.25, 0.3) is 116 Å². The minimum absolute atomic E-state index is 0.574. The van der Waals surface area contributed by atoms with E-state index < -0.39 is 0 Å². The van der Waals surface area contributed by atoms with Gasteiger partial charge >= 0.3 is 0 Å². The fraction of sp³-hybridized carbons (Fsp3) is 0.0392. The second-order valence-corrected chi connectivity index (χ2v) is 15.6. The third-order valence-electron chi connectivity index (χ3n) is 11.2. The number of aromatic nitrogens is 3. The zero-order valence-electron chi connectivity index (χ0n) is 30.6. The molecule has 0 fully saturated rings. The van der Waals surface area contributed by atoms with Gasteiger partial charge in [-0.2, -0.15) is 0 Å².